The molecule has 0 unspecified atom stereocenters. The predicted molar refractivity (Wildman–Crippen MR) is 57.6 cm³/mol. The summed E-state index contributed by atoms with van der Waals surface area (Å²) in [5.41, 5.74) is 0. The van der Waals surface area contributed by atoms with E-state index in [1.807, 2.05) is 24.3 Å². The minimum atomic E-state index is 0. The van der Waals surface area contributed by atoms with Gasteiger partial charge in [0.2, 0.25) is 0 Å². The minimum Gasteiger partial charge on any atom is -0.273 e. The van der Waals surface area contributed by atoms with Crippen molar-refractivity contribution < 1.29 is 25.8 Å². The minimum absolute atomic E-state index is 0. The smallest absolute Gasteiger partial charge is 0 e. The fourth-order valence-corrected chi connectivity index (χ4v) is 0.680. The molecule has 2 rings (SSSR count). The Morgan fingerprint density at radius 3 is 1.23 bits per heavy atom. The van der Waals surface area contributed by atoms with Gasteiger partial charge in [-0.1, -0.05) is 0 Å². The van der Waals surface area contributed by atoms with Crippen molar-refractivity contribution in [3.05, 3.63) is 48.6 Å². The number of hydrogen-bond donors (Lipinski definition) is 0. The fourth-order valence-electron chi connectivity index (χ4n) is 0.680. The van der Waals surface area contributed by atoms with Gasteiger partial charge < -0.3 is 0 Å². The molecule has 0 heterocycles. The summed E-state index contributed by atoms with van der Waals surface area (Å²) in [5.74, 6) is 0. The van der Waals surface area contributed by atoms with Crippen LogP contribution < -0.4 is 0 Å². The van der Waals surface area contributed by atoms with E-state index in [0.717, 1.165) is 12.8 Å². The van der Waals surface area contributed by atoms with Crippen molar-refractivity contribution in [3.63, 3.8) is 0 Å². The molecule has 0 N–H and O–H groups in total. The Kier molecular flexibility index (Phi) is 21.9. The van der Waals surface area contributed by atoms with Gasteiger partial charge in [-0.2, -0.15) is 12.2 Å². The quantitative estimate of drug-likeness (QED) is 0.445. The molecule has 3 heteroatoms. The second-order valence-corrected chi connectivity index (χ2v) is 2.01. The SMILES string of the molecule is Cl.Cl.[C-]1=CC=CC1.[C-]1=CC=CC1.[Hf]. The zero-order valence-electron chi connectivity index (χ0n) is 7.19. The predicted octanol–water partition coefficient (Wildman–Crippen LogP) is 3.45. The summed E-state index contributed by atoms with van der Waals surface area (Å²) in [6, 6.07) is 0. The Labute approximate surface area is 111 Å². The maximum Gasteiger partial charge on any atom is 0 e. The van der Waals surface area contributed by atoms with E-state index in [9.17, 15) is 0 Å². The van der Waals surface area contributed by atoms with Crippen molar-refractivity contribution >= 4 is 24.8 Å². The van der Waals surface area contributed by atoms with Crippen LogP contribution in [0.2, 0.25) is 0 Å². The second-order valence-electron chi connectivity index (χ2n) is 2.01. The van der Waals surface area contributed by atoms with E-state index in [4.69, 9.17) is 0 Å². The standard InChI is InChI=1S/2C5H5.2ClH.Hf/c2*1-2-4-5-3-1;;;/h2*1-3H,4H2;2*1H;/q2*-1;;;. The van der Waals surface area contributed by atoms with Gasteiger partial charge in [-0.15, -0.1) is 37.7 Å². The van der Waals surface area contributed by atoms with Gasteiger partial charge in [0.1, 0.15) is 0 Å². The summed E-state index contributed by atoms with van der Waals surface area (Å²) in [6.07, 6.45) is 20.0. The van der Waals surface area contributed by atoms with Crippen LogP contribution in [0.15, 0.2) is 36.5 Å². The van der Waals surface area contributed by atoms with Gasteiger partial charge in [-0.05, 0) is 0 Å². The molecule has 0 spiro atoms. The Bertz CT molecular complexity index is 151. The van der Waals surface area contributed by atoms with Gasteiger partial charge in [-0.3, -0.25) is 12.2 Å². The molecule has 13 heavy (non-hydrogen) atoms. The van der Waals surface area contributed by atoms with Gasteiger partial charge in [0.05, 0.1) is 0 Å². The molecule has 0 aromatic heterocycles. The van der Waals surface area contributed by atoms with E-state index in [1.165, 1.54) is 0 Å². The van der Waals surface area contributed by atoms with E-state index < -0.39 is 0 Å². The number of halogens is 2. The van der Waals surface area contributed by atoms with Crippen LogP contribution in [-0.4, -0.2) is 0 Å². The van der Waals surface area contributed by atoms with Crippen molar-refractivity contribution in [2.24, 2.45) is 0 Å². The summed E-state index contributed by atoms with van der Waals surface area (Å²) in [6.45, 7) is 0. The third-order valence-electron chi connectivity index (χ3n) is 1.17. The molecule has 0 saturated carbocycles. The summed E-state index contributed by atoms with van der Waals surface area (Å²) in [5, 5.41) is 0. The first kappa shape index (κ1) is 19.1. The maximum absolute atomic E-state index is 2.99. The Balaban J connectivity index is -0.000000125. The molecule has 2 aliphatic rings. The third kappa shape index (κ3) is 12.4. The molecule has 72 valence electrons. The van der Waals surface area contributed by atoms with Crippen LogP contribution >= 0.6 is 24.8 Å². The van der Waals surface area contributed by atoms with Crippen LogP contribution in [-0.2, 0) is 25.8 Å². The van der Waals surface area contributed by atoms with Crippen LogP contribution in [0.5, 0.6) is 0 Å². The van der Waals surface area contributed by atoms with Crippen LogP contribution in [0, 0.1) is 12.2 Å². The van der Waals surface area contributed by atoms with Gasteiger partial charge >= 0.3 is 0 Å². The molecule has 0 bridgehead atoms. The molecule has 0 aliphatic heterocycles. The van der Waals surface area contributed by atoms with Crippen LogP contribution in [0.1, 0.15) is 12.8 Å². The van der Waals surface area contributed by atoms with E-state index in [0.29, 0.717) is 0 Å². The van der Waals surface area contributed by atoms with E-state index in [2.05, 4.69) is 24.3 Å². The van der Waals surface area contributed by atoms with Crippen LogP contribution in [0.25, 0.3) is 0 Å². The van der Waals surface area contributed by atoms with E-state index in [-0.39, 0.29) is 50.7 Å². The molecule has 2 aliphatic carbocycles. The molecule has 0 aromatic rings. The zero-order chi connectivity index (χ0) is 7.07. The number of allylic oxidation sites excluding steroid dienone is 8. The normalized spacial score (nSPS) is 13.5. The first-order chi connectivity index (χ1) is 5.00. The molecule has 0 atom stereocenters. The first-order valence-electron chi connectivity index (χ1n) is 3.43. The molecule has 0 fully saturated rings. The Morgan fingerprint density at radius 2 is 1.15 bits per heavy atom. The van der Waals surface area contributed by atoms with Crippen molar-refractivity contribution in [1.29, 1.82) is 0 Å². The van der Waals surface area contributed by atoms with Crippen molar-refractivity contribution in [2.75, 3.05) is 0 Å². The van der Waals surface area contributed by atoms with Gasteiger partial charge in [0.25, 0.3) is 0 Å². The maximum atomic E-state index is 2.99. The van der Waals surface area contributed by atoms with Gasteiger partial charge in [-0.25, -0.2) is 24.3 Å². The first-order valence-corrected chi connectivity index (χ1v) is 3.43. The van der Waals surface area contributed by atoms with Gasteiger partial charge in [0.15, 0.2) is 0 Å². The fraction of sp³-hybridized carbons (Fsp3) is 0.200. The molecule has 0 aromatic carbocycles. The Hall–Kier alpha value is 0.410. The molecular weight excluding hydrogens is 370 g/mol. The molecule has 0 saturated heterocycles. The summed E-state index contributed by atoms with van der Waals surface area (Å²) >= 11 is 0. The van der Waals surface area contributed by atoms with Crippen molar-refractivity contribution in [3.8, 4) is 0 Å². The number of hydrogen-bond acceptors (Lipinski definition) is 0. The number of rotatable bonds is 0. The zero-order valence-corrected chi connectivity index (χ0v) is 12.4. The molecular formula is C10H12Cl2Hf-2. The van der Waals surface area contributed by atoms with Crippen LogP contribution in [0.3, 0.4) is 0 Å². The van der Waals surface area contributed by atoms with E-state index >= 15 is 0 Å². The summed E-state index contributed by atoms with van der Waals surface area (Å²) < 4.78 is 0. The van der Waals surface area contributed by atoms with E-state index in [1.54, 1.807) is 0 Å². The Morgan fingerprint density at radius 1 is 0.769 bits per heavy atom. The monoisotopic (exact) mass is 382 g/mol. The summed E-state index contributed by atoms with van der Waals surface area (Å²) in [4.78, 5) is 0. The summed E-state index contributed by atoms with van der Waals surface area (Å²) in [7, 11) is 0. The van der Waals surface area contributed by atoms with Crippen molar-refractivity contribution in [1.82, 2.24) is 0 Å². The molecule has 0 amide bonds. The average Bonchev–Trinajstić information content (AvgIpc) is 2.67. The largest absolute Gasteiger partial charge is 0.273 e. The third-order valence-corrected chi connectivity index (χ3v) is 1.17. The topological polar surface area (TPSA) is 0 Å². The van der Waals surface area contributed by atoms with Crippen LogP contribution in [0.4, 0.5) is 0 Å². The van der Waals surface area contributed by atoms with Gasteiger partial charge in [0, 0.05) is 25.8 Å². The molecule has 0 radical (unpaired) electrons. The molecule has 0 nitrogen and oxygen atoms in total. The van der Waals surface area contributed by atoms with Crippen molar-refractivity contribution in [2.45, 2.75) is 12.8 Å². The second kappa shape index (κ2) is 14.9. The average molecular weight is 382 g/mol.